The number of primary amides is 1. The first kappa shape index (κ1) is 21.5. The highest BCUT2D eigenvalue weighted by molar-refractivity contribution is 7.10. The van der Waals surface area contributed by atoms with Crippen LogP contribution in [0, 0.1) is 16.9 Å². The first-order chi connectivity index (χ1) is 15.4. The number of hydrazone groups is 1. The Labute approximate surface area is 189 Å². The molecule has 5 rings (SSSR count). The molecule has 0 aliphatic carbocycles. The van der Waals surface area contributed by atoms with Gasteiger partial charge in [-0.15, -0.1) is 11.3 Å². The fraction of sp³-hybridized carbons (Fsp3) is 0.478. The number of nitrogens with two attached hydrogens (primary N) is 1. The third-order valence-corrected chi connectivity index (χ3v) is 8.01. The fourth-order valence-electron chi connectivity index (χ4n) is 5.13. The zero-order chi connectivity index (χ0) is 22.5. The highest BCUT2D eigenvalue weighted by Crippen LogP contribution is 2.45. The van der Waals surface area contributed by atoms with E-state index >= 15 is 0 Å². The first-order valence-corrected chi connectivity index (χ1v) is 11.7. The molecule has 1 unspecified atom stereocenters. The lowest BCUT2D eigenvalue weighted by atomic mass is 9.85. The molecule has 170 valence electrons. The van der Waals surface area contributed by atoms with Crippen molar-refractivity contribution in [1.29, 1.82) is 0 Å². The zero-order valence-corrected chi connectivity index (χ0v) is 18.8. The number of ether oxygens (including phenoxy) is 1. The summed E-state index contributed by atoms with van der Waals surface area (Å²) in [6.07, 6.45) is 2.43. The van der Waals surface area contributed by atoms with Crippen molar-refractivity contribution in [2.45, 2.75) is 31.8 Å². The molecule has 1 aromatic heterocycles. The minimum absolute atomic E-state index is 0.117. The third kappa shape index (κ3) is 3.72. The quantitative estimate of drug-likeness (QED) is 0.758. The van der Waals surface area contributed by atoms with Crippen LogP contribution in [0.25, 0.3) is 0 Å². The van der Waals surface area contributed by atoms with E-state index < -0.39 is 11.7 Å². The topological polar surface area (TPSA) is 71.2 Å². The minimum atomic E-state index is -0.672. The Morgan fingerprint density at radius 3 is 2.88 bits per heavy atom. The van der Waals surface area contributed by atoms with Gasteiger partial charge in [-0.25, -0.2) is 4.39 Å². The molecule has 1 fully saturated rings. The number of amides is 1. The molecular formula is C23H26F2N4O2S. The van der Waals surface area contributed by atoms with Crippen LogP contribution in [0.3, 0.4) is 0 Å². The lowest BCUT2D eigenvalue weighted by molar-refractivity contribution is -0.0955. The largest absolute Gasteiger partial charge is 0.369 e. The summed E-state index contributed by atoms with van der Waals surface area (Å²) in [4.78, 5) is 15.2. The maximum absolute atomic E-state index is 14.5. The molecular weight excluding hydrogens is 434 g/mol. The Kier molecular flexibility index (Phi) is 5.51. The van der Waals surface area contributed by atoms with E-state index in [1.807, 2.05) is 6.92 Å². The molecule has 9 heteroatoms. The van der Waals surface area contributed by atoms with Gasteiger partial charge in [0.25, 0.3) is 5.91 Å². The normalized spacial score (nSPS) is 22.8. The van der Waals surface area contributed by atoms with Crippen LogP contribution in [0.2, 0.25) is 0 Å². The van der Waals surface area contributed by atoms with Crippen LogP contribution in [-0.2, 0) is 16.8 Å². The second kappa shape index (κ2) is 8.20. The summed E-state index contributed by atoms with van der Waals surface area (Å²) in [7, 11) is 0. The molecule has 3 aliphatic heterocycles. The molecule has 2 N–H and O–H groups in total. The van der Waals surface area contributed by atoms with Crippen molar-refractivity contribution >= 4 is 28.6 Å². The molecule has 1 saturated heterocycles. The Bertz CT molecular complexity index is 1080. The summed E-state index contributed by atoms with van der Waals surface area (Å²) in [5.74, 6) is -1.06. The van der Waals surface area contributed by atoms with Gasteiger partial charge < -0.3 is 15.4 Å². The van der Waals surface area contributed by atoms with Crippen molar-refractivity contribution in [3.8, 4) is 0 Å². The molecule has 4 heterocycles. The van der Waals surface area contributed by atoms with Crippen LogP contribution in [0.5, 0.6) is 0 Å². The second-order valence-electron chi connectivity index (χ2n) is 8.82. The lowest BCUT2D eigenvalue weighted by Gasteiger charge is -2.44. The van der Waals surface area contributed by atoms with Crippen LogP contribution in [-0.4, -0.2) is 49.3 Å². The van der Waals surface area contributed by atoms with E-state index in [-0.39, 0.29) is 27.9 Å². The van der Waals surface area contributed by atoms with Crippen molar-refractivity contribution in [1.82, 2.24) is 4.90 Å². The monoisotopic (exact) mass is 460 g/mol. The molecule has 0 saturated carbocycles. The van der Waals surface area contributed by atoms with Gasteiger partial charge in [0.15, 0.2) is 5.13 Å². The van der Waals surface area contributed by atoms with Crippen LogP contribution >= 0.6 is 11.3 Å². The summed E-state index contributed by atoms with van der Waals surface area (Å²) < 4.78 is 34.6. The third-order valence-electron chi connectivity index (χ3n) is 6.86. The molecule has 1 spiro atoms. The maximum atomic E-state index is 14.5. The molecule has 0 bridgehead atoms. The zero-order valence-electron chi connectivity index (χ0n) is 17.9. The maximum Gasteiger partial charge on any atom is 0.250 e. The first-order valence-electron chi connectivity index (χ1n) is 10.9. The number of hydrogen-bond donors (Lipinski definition) is 1. The van der Waals surface area contributed by atoms with Gasteiger partial charge in [0.05, 0.1) is 18.7 Å². The number of anilines is 1. The number of hydrogen-bond acceptors (Lipinski definition) is 6. The van der Waals surface area contributed by atoms with Crippen molar-refractivity contribution in [2.75, 3.05) is 37.8 Å². The van der Waals surface area contributed by atoms with Crippen LogP contribution in [0.15, 0.2) is 29.4 Å². The van der Waals surface area contributed by atoms with E-state index in [4.69, 9.17) is 10.5 Å². The predicted octanol–water partition coefficient (Wildman–Crippen LogP) is 3.50. The number of piperidine rings is 1. The van der Waals surface area contributed by atoms with Gasteiger partial charge in [-0.2, -0.15) is 9.49 Å². The van der Waals surface area contributed by atoms with Crippen LogP contribution in [0.1, 0.15) is 40.6 Å². The van der Waals surface area contributed by atoms with E-state index in [1.54, 1.807) is 11.1 Å². The number of fused-ring (bicyclic) bond motifs is 2. The molecule has 6 nitrogen and oxygen atoms in total. The SMILES string of the molecule is CC1=NN(c2c(F)cccc2C(N)=O)CC1CN1CCC2(CC1)OCCc1cc(F)sc12. The summed E-state index contributed by atoms with van der Waals surface area (Å²) >= 11 is 1.22. The van der Waals surface area contributed by atoms with Gasteiger partial charge in [0, 0.05) is 36.1 Å². The Morgan fingerprint density at radius 1 is 1.34 bits per heavy atom. The minimum Gasteiger partial charge on any atom is -0.369 e. The lowest BCUT2D eigenvalue weighted by Crippen LogP contribution is -2.47. The standard InChI is InChI=1S/C23H26F2N4O2S/c1-14-16(13-29(27-14)20-17(22(26)30)3-2-4-18(20)24)12-28-8-6-23(7-9-28)21-15(5-10-31-23)11-19(25)32-21/h2-4,11,16H,5-10,12-13H2,1H3,(H2,26,30). The van der Waals surface area contributed by atoms with Gasteiger partial charge in [-0.3, -0.25) is 9.80 Å². The molecule has 32 heavy (non-hydrogen) atoms. The number of carbonyl (C=O) groups excluding carboxylic acids is 1. The number of benzene rings is 1. The number of para-hydroxylation sites is 1. The molecule has 1 atom stereocenters. The molecule has 0 radical (unpaired) electrons. The number of carbonyl (C=O) groups is 1. The van der Waals surface area contributed by atoms with E-state index in [0.29, 0.717) is 13.2 Å². The Hall–Kier alpha value is -2.36. The van der Waals surface area contributed by atoms with Crippen LogP contribution < -0.4 is 10.7 Å². The fourth-order valence-corrected chi connectivity index (χ4v) is 6.27. The van der Waals surface area contributed by atoms with Crippen molar-refractivity contribution < 1.29 is 18.3 Å². The summed E-state index contributed by atoms with van der Waals surface area (Å²) in [5, 5.41) is 5.96. The number of halogens is 2. The van der Waals surface area contributed by atoms with E-state index in [0.717, 1.165) is 55.0 Å². The van der Waals surface area contributed by atoms with Gasteiger partial charge >= 0.3 is 0 Å². The van der Waals surface area contributed by atoms with Gasteiger partial charge in [0.1, 0.15) is 17.1 Å². The Balaban J connectivity index is 1.26. The number of rotatable bonds is 4. The van der Waals surface area contributed by atoms with Crippen molar-refractivity contribution in [3.63, 3.8) is 0 Å². The highest BCUT2D eigenvalue weighted by Gasteiger charge is 2.43. The van der Waals surface area contributed by atoms with Crippen molar-refractivity contribution in [2.24, 2.45) is 16.8 Å². The predicted molar refractivity (Wildman–Crippen MR) is 120 cm³/mol. The van der Waals surface area contributed by atoms with Gasteiger partial charge in [-0.1, -0.05) is 6.07 Å². The van der Waals surface area contributed by atoms with E-state index in [9.17, 15) is 13.6 Å². The average molecular weight is 461 g/mol. The average Bonchev–Trinajstić information content (AvgIpc) is 3.32. The summed E-state index contributed by atoms with van der Waals surface area (Å²) in [6.45, 7) is 5.53. The number of likely N-dealkylation sites (tertiary alicyclic amines) is 1. The number of thiophene rings is 1. The smallest absolute Gasteiger partial charge is 0.250 e. The van der Waals surface area contributed by atoms with Gasteiger partial charge in [-0.05, 0) is 49.9 Å². The van der Waals surface area contributed by atoms with Crippen LogP contribution in [0.4, 0.5) is 14.5 Å². The molecule has 1 amide bonds. The number of nitrogens with zero attached hydrogens (tertiary/aromatic N) is 3. The Morgan fingerprint density at radius 2 is 2.12 bits per heavy atom. The van der Waals surface area contributed by atoms with E-state index in [2.05, 4.69) is 10.0 Å². The van der Waals surface area contributed by atoms with Gasteiger partial charge in [0.2, 0.25) is 0 Å². The molecule has 1 aromatic carbocycles. The van der Waals surface area contributed by atoms with Crippen molar-refractivity contribution in [3.05, 3.63) is 51.2 Å². The van der Waals surface area contributed by atoms with E-state index in [1.165, 1.54) is 29.5 Å². The molecule has 2 aromatic rings. The summed E-state index contributed by atoms with van der Waals surface area (Å²) in [6, 6.07) is 5.97. The molecule has 3 aliphatic rings. The summed E-state index contributed by atoms with van der Waals surface area (Å²) in [5.41, 5.74) is 7.36. The highest BCUT2D eigenvalue weighted by atomic mass is 32.1. The second-order valence-corrected chi connectivity index (χ2v) is 9.82.